The number of ether oxygens (including phenoxy) is 1. The van der Waals surface area contributed by atoms with E-state index in [2.05, 4.69) is 43.1 Å². The van der Waals surface area contributed by atoms with Crippen LogP contribution < -0.4 is 10.1 Å². The van der Waals surface area contributed by atoms with E-state index < -0.39 is 0 Å². The number of carbonyl (C=O) groups is 1. The van der Waals surface area contributed by atoms with Crippen LogP contribution in [0, 0.1) is 6.92 Å². The van der Waals surface area contributed by atoms with Gasteiger partial charge in [0.25, 0.3) is 0 Å². The summed E-state index contributed by atoms with van der Waals surface area (Å²) < 4.78 is 5.49. The van der Waals surface area contributed by atoms with Gasteiger partial charge in [0, 0.05) is 19.6 Å². The number of aryl methyl sites for hydroxylation is 1. The maximum absolute atomic E-state index is 11.7. The quantitative estimate of drug-likeness (QED) is 0.926. The van der Waals surface area contributed by atoms with Crippen LogP contribution in [0.3, 0.4) is 0 Å². The van der Waals surface area contributed by atoms with Crippen molar-refractivity contribution in [2.75, 3.05) is 26.7 Å². The average Bonchev–Trinajstić information content (AvgIpc) is 2.64. The van der Waals surface area contributed by atoms with E-state index in [0.717, 1.165) is 31.8 Å². The second-order valence-corrected chi connectivity index (χ2v) is 6.09. The Bertz CT molecular complexity index is 512. The number of hydrogen-bond donors (Lipinski definition) is 1. The highest BCUT2D eigenvalue weighted by Crippen LogP contribution is 2.30. The molecule has 0 radical (unpaired) electrons. The fourth-order valence-corrected chi connectivity index (χ4v) is 2.79. The lowest BCUT2D eigenvalue weighted by Gasteiger charge is -2.22. The van der Waals surface area contributed by atoms with Crippen LogP contribution in [0.25, 0.3) is 0 Å². The Morgan fingerprint density at radius 1 is 1.38 bits per heavy atom. The van der Waals surface area contributed by atoms with Gasteiger partial charge in [0.1, 0.15) is 5.75 Å². The average molecular weight is 290 g/mol. The standard InChI is InChI=1S/C17H26N2O2/c1-12(2)15-9-14(13(3)8-16(15)21-4)10-19-7-5-6-18-17(20)11-19/h8-9,12H,5-7,10-11H2,1-4H3,(H,18,20). The first-order valence-electron chi connectivity index (χ1n) is 7.67. The Morgan fingerprint density at radius 3 is 2.81 bits per heavy atom. The molecule has 0 unspecified atom stereocenters. The smallest absolute Gasteiger partial charge is 0.234 e. The molecular formula is C17H26N2O2. The Kier molecular flexibility index (Phi) is 5.23. The molecule has 1 heterocycles. The Balaban J connectivity index is 2.22. The highest BCUT2D eigenvalue weighted by Gasteiger charge is 2.17. The predicted molar refractivity (Wildman–Crippen MR) is 84.7 cm³/mol. The number of nitrogens with zero attached hydrogens (tertiary/aromatic N) is 1. The molecule has 0 aromatic heterocycles. The van der Waals surface area contributed by atoms with E-state index in [1.165, 1.54) is 16.7 Å². The van der Waals surface area contributed by atoms with Gasteiger partial charge >= 0.3 is 0 Å². The first kappa shape index (κ1) is 15.8. The van der Waals surface area contributed by atoms with Gasteiger partial charge in [-0.05, 0) is 42.0 Å². The van der Waals surface area contributed by atoms with Crippen molar-refractivity contribution in [3.63, 3.8) is 0 Å². The molecular weight excluding hydrogens is 264 g/mol. The largest absolute Gasteiger partial charge is 0.496 e. The SMILES string of the molecule is COc1cc(C)c(CN2CCCNC(=O)C2)cc1C(C)C. The number of methoxy groups -OCH3 is 1. The number of carbonyl (C=O) groups excluding carboxylic acids is 1. The lowest BCUT2D eigenvalue weighted by molar-refractivity contribution is -0.121. The third-order valence-electron chi connectivity index (χ3n) is 4.04. The van der Waals surface area contributed by atoms with Crippen molar-refractivity contribution in [2.24, 2.45) is 0 Å². The molecule has 1 amide bonds. The lowest BCUT2D eigenvalue weighted by atomic mass is 9.96. The predicted octanol–water partition coefficient (Wildman–Crippen LogP) is 2.45. The number of amides is 1. The minimum absolute atomic E-state index is 0.128. The molecule has 4 heteroatoms. The van der Waals surface area contributed by atoms with Crippen molar-refractivity contribution in [3.8, 4) is 5.75 Å². The molecule has 4 nitrogen and oxygen atoms in total. The van der Waals surface area contributed by atoms with Gasteiger partial charge in [0.05, 0.1) is 13.7 Å². The van der Waals surface area contributed by atoms with Crippen LogP contribution in [0.5, 0.6) is 5.75 Å². The number of nitrogens with one attached hydrogen (secondary N) is 1. The van der Waals surface area contributed by atoms with E-state index in [1.807, 2.05) is 0 Å². The fraction of sp³-hybridized carbons (Fsp3) is 0.588. The molecule has 1 aliphatic rings. The van der Waals surface area contributed by atoms with Crippen molar-refractivity contribution >= 4 is 5.91 Å². The van der Waals surface area contributed by atoms with Gasteiger partial charge in [-0.3, -0.25) is 9.69 Å². The molecule has 0 atom stereocenters. The first-order valence-corrected chi connectivity index (χ1v) is 7.67. The van der Waals surface area contributed by atoms with E-state index in [-0.39, 0.29) is 5.91 Å². The second kappa shape index (κ2) is 6.94. The summed E-state index contributed by atoms with van der Waals surface area (Å²) in [6.45, 7) is 9.52. The molecule has 21 heavy (non-hydrogen) atoms. The van der Waals surface area contributed by atoms with Crippen LogP contribution in [0.15, 0.2) is 12.1 Å². The summed E-state index contributed by atoms with van der Waals surface area (Å²) in [6, 6.07) is 4.35. The summed E-state index contributed by atoms with van der Waals surface area (Å²) in [5, 5.41) is 2.92. The van der Waals surface area contributed by atoms with E-state index in [1.54, 1.807) is 7.11 Å². The van der Waals surface area contributed by atoms with Gasteiger partial charge in [-0.1, -0.05) is 19.9 Å². The van der Waals surface area contributed by atoms with E-state index in [9.17, 15) is 4.79 Å². The molecule has 1 saturated heterocycles. The van der Waals surface area contributed by atoms with Crippen LogP contribution in [0.2, 0.25) is 0 Å². The van der Waals surface area contributed by atoms with E-state index in [0.29, 0.717) is 12.5 Å². The Hall–Kier alpha value is -1.55. The summed E-state index contributed by atoms with van der Waals surface area (Å²) in [5.41, 5.74) is 3.74. The van der Waals surface area contributed by atoms with Crippen molar-refractivity contribution in [1.29, 1.82) is 0 Å². The summed E-state index contributed by atoms with van der Waals surface area (Å²) in [4.78, 5) is 13.9. The maximum Gasteiger partial charge on any atom is 0.234 e. The van der Waals surface area contributed by atoms with Crippen LogP contribution in [0.1, 0.15) is 42.9 Å². The van der Waals surface area contributed by atoms with Crippen molar-refractivity contribution in [3.05, 3.63) is 28.8 Å². The summed E-state index contributed by atoms with van der Waals surface area (Å²) in [7, 11) is 1.72. The molecule has 1 fully saturated rings. The summed E-state index contributed by atoms with van der Waals surface area (Å²) in [5.74, 6) is 1.51. The van der Waals surface area contributed by atoms with Gasteiger partial charge in [-0.15, -0.1) is 0 Å². The zero-order chi connectivity index (χ0) is 15.4. The molecule has 116 valence electrons. The monoisotopic (exact) mass is 290 g/mol. The number of hydrogen-bond acceptors (Lipinski definition) is 3. The summed E-state index contributed by atoms with van der Waals surface area (Å²) in [6.07, 6.45) is 1.01. The van der Waals surface area contributed by atoms with Crippen LogP contribution in [-0.4, -0.2) is 37.6 Å². The summed E-state index contributed by atoms with van der Waals surface area (Å²) >= 11 is 0. The molecule has 0 saturated carbocycles. The zero-order valence-corrected chi connectivity index (χ0v) is 13.5. The molecule has 1 aliphatic heterocycles. The third kappa shape index (κ3) is 3.97. The van der Waals surface area contributed by atoms with Gasteiger partial charge in [0.2, 0.25) is 5.91 Å². The van der Waals surface area contributed by atoms with Crippen LogP contribution in [-0.2, 0) is 11.3 Å². The molecule has 1 N–H and O–H groups in total. The molecule has 0 aliphatic carbocycles. The van der Waals surface area contributed by atoms with Gasteiger partial charge < -0.3 is 10.1 Å². The van der Waals surface area contributed by atoms with E-state index in [4.69, 9.17) is 4.74 Å². The van der Waals surface area contributed by atoms with E-state index >= 15 is 0 Å². The first-order chi connectivity index (χ1) is 10.0. The highest BCUT2D eigenvalue weighted by molar-refractivity contribution is 5.78. The Morgan fingerprint density at radius 2 is 2.14 bits per heavy atom. The maximum atomic E-state index is 11.7. The highest BCUT2D eigenvalue weighted by atomic mass is 16.5. The number of rotatable bonds is 4. The van der Waals surface area contributed by atoms with Crippen molar-refractivity contribution < 1.29 is 9.53 Å². The van der Waals surface area contributed by atoms with Crippen LogP contribution >= 0.6 is 0 Å². The molecule has 1 aromatic carbocycles. The second-order valence-electron chi connectivity index (χ2n) is 6.09. The normalized spacial score (nSPS) is 16.7. The fourth-order valence-electron chi connectivity index (χ4n) is 2.79. The molecule has 2 rings (SSSR count). The van der Waals surface area contributed by atoms with Gasteiger partial charge in [-0.2, -0.15) is 0 Å². The topological polar surface area (TPSA) is 41.6 Å². The minimum atomic E-state index is 0.128. The number of benzene rings is 1. The van der Waals surface area contributed by atoms with Gasteiger partial charge in [0.15, 0.2) is 0 Å². The lowest BCUT2D eigenvalue weighted by Crippen LogP contribution is -2.32. The minimum Gasteiger partial charge on any atom is -0.496 e. The Labute approximate surface area is 127 Å². The van der Waals surface area contributed by atoms with Crippen LogP contribution in [0.4, 0.5) is 0 Å². The third-order valence-corrected chi connectivity index (χ3v) is 4.04. The molecule has 0 spiro atoms. The zero-order valence-electron chi connectivity index (χ0n) is 13.5. The van der Waals surface area contributed by atoms with Crippen molar-refractivity contribution in [1.82, 2.24) is 10.2 Å². The molecule has 0 bridgehead atoms. The molecule has 1 aromatic rings. The van der Waals surface area contributed by atoms with Gasteiger partial charge in [-0.25, -0.2) is 0 Å². The van der Waals surface area contributed by atoms with Crippen molar-refractivity contribution in [2.45, 2.75) is 39.7 Å².